The van der Waals surface area contributed by atoms with Gasteiger partial charge in [0.25, 0.3) is 5.91 Å². The van der Waals surface area contributed by atoms with E-state index in [4.69, 9.17) is 4.74 Å². The molecule has 1 atom stereocenters. The number of benzene rings is 2. The van der Waals surface area contributed by atoms with Crippen molar-refractivity contribution in [1.82, 2.24) is 15.1 Å². The zero-order valence-corrected chi connectivity index (χ0v) is 17.8. The first-order chi connectivity index (χ1) is 14.6. The minimum atomic E-state index is -0.163. The van der Waals surface area contributed by atoms with E-state index in [2.05, 4.69) is 15.7 Å². The fourth-order valence-corrected chi connectivity index (χ4v) is 4.56. The number of aromatic nitrogens is 2. The Balaban J connectivity index is 1.74. The van der Waals surface area contributed by atoms with Crippen molar-refractivity contribution in [3.63, 3.8) is 0 Å². The average Bonchev–Trinajstić information content (AvgIpc) is 3.11. The van der Waals surface area contributed by atoms with Gasteiger partial charge in [-0.05, 0) is 49.6 Å². The summed E-state index contributed by atoms with van der Waals surface area (Å²) in [5, 5.41) is 11.0. The van der Waals surface area contributed by atoms with Gasteiger partial charge in [0, 0.05) is 35.8 Å². The smallest absolute Gasteiger partial charge is 0.252 e. The number of hydrogen-bond acceptors (Lipinski definition) is 5. The lowest BCUT2D eigenvalue weighted by atomic mass is 10.2. The summed E-state index contributed by atoms with van der Waals surface area (Å²) in [4.78, 5) is 25.7. The van der Waals surface area contributed by atoms with Crippen LogP contribution in [0.4, 0.5) is 5.82 Å². The van der Waals surface area contributed by atoms with E-state index in [-0.39, 0.29) is 18.0 Å². The molecule has 0 bridgehead atoms. The van der Waals surface area contributed by atoms with Gasteiger partial charge < -0.3 is 15.4 Å². The van der Waals surface area contributed by atoms with Crippen molar-refractivity contribution in [1.29, 1.82) is 0 Å². The molecular formula is C22H24N4O3S. The standard InChI is InChI=1S/C22H24N4O3S/c1-14(27)24-21-16-11-10-15(30-19-8-4-3-7-17(19)22(28)23-2)13-18(16)26(25-21)20-9-5-6-12-29-20/h3-4,7-8,10-11,13,20H,5-6,9,12H2,1-2H3,(H,23,28)(H,24,25,27). The van der Waals surface area contributed by atoms with Crippen molar-refractivity contribution in [3.05, 3.63) is 48.0 Å². The topological polar surface area (TPSA) is 85.3 Å². The largest absolute Gasteiger partial charge is 0.356 e. The average molecular weight is 425 g/mol. The molecule has 1 unspecified atom stereocenters. The molecule has 30 heavy (non-hydrogen) atoms. The van der Waals surface area contributed by atoms with Crippen molar-refractivity contribution >= 4 is 40.3 Å². The summed E-state index contributed by atoms with van der Waals surface area (Å²) in [7, 11) is 1.63. The molecule has 2 N–H and O–H groups in total. The number of fused-ring (bicyclic) bond motifs is 1. The molecule has 2 heterocycles. The number of ether oxygens (including phenoxy) is 1. The number of hydrogen-bond donors (Lipinski definition) is 2. The predicted octanol–water partition coefficient (Wildman–Crippen LogP) is 4.20. The molecule has 1 aliphatic rings. The molecule has 7 nitrogen and oxygen atoms in total. The van der Waals surface area contributed by atoms with Gasteiger partial charge in [0.15, 0.2) is 12.0 Å². The van der Waals surface area contributed by atoms with Crippen molar-refractivity contribution in [3.8, 4) is 0 Å². The number of nitrogens with zero attached hydrogens (tertiary/aromatic N) is 2. The number of rotatable bonds is 5. The van der Waals surface area contributed by atoms with Crippen LogP contribution in [0.1, 0.15) is 42.8 Å². The zero-order chi connectivity index (χ0) is 21.1. The SMILES string of the molecule is CNC(=O)c1ccccc1Sc1ccc2c(NC(C)=O)nn(C3CCCCO3)c2c1. The van der Waals surface area contributed by atoms with Gasteiger partial charge in [-0.1, -0.05) is 23.9 Å². The van der Waals surface area contributed by atoms with Gasteiger partial charge in [-0.25, -0.2) is 4.68 Å². The Hall–Kier alpha value is -2.84. The molecule has 0 spiro atoms. The Labute approximate surface area is 179 Å². The monoisotopic (exact) mass is 424 g/mol. The molecule has 1 fully saturated rings. The van der Waals surface area contributed by atoms with Gasteiger partial charge >= 0.3 is 0 Å². The lowest BCUT2D eigenvalue weighted by Gasteiger charge is -2.23. The van der Waals surface area contributed by atoms with Crippen LogP contribution in [0, 0.1) is 0 Å². The summed E-state index contributed by atoms with van der Waals surface area (Å²) in [6.45, 7) is 2.18. The van der Waals surface area contributed by atoms with E-state index in [1.54, 1.807) is 7.05 Å². The first kappa shape index (κ1) is 20.4. The summed E-state index contributed by atoms with van der Waals surface area (Å²) in [5.41, 5.74) is 1.53. The minimum absolute atomic E-state index is 0.118. The van der Waals surface area contributed by atoms with Crippen LogP contribution < -0.4 is 10.6 Å². The van der Waals surface area contributed by atoms with Crippen LogP contribution >= 0.6 is 11.8 Å². The van der Waals surface area contributed by atoms with Crippen LogP contribution in [0.15, 0.2) is 52.3 Å². The van der Waals surface area contributed by atoms with E-state index in [1.807, 2.05) is 47.1 Å². The summed E-state index contributed by atoms with van der Waals surface area (Å²) in [6.07, 6.45) is 2.86. The molecular weight excluding hydrogens is 400 g/mol. The molecule has 2 amide bonds. The maximum atomic E-state index is 12.2. The number of carbonyl (C=O) groups is 2. The van der Waals surface area contributed by atoms with Gasteiger partial charge in [-0.3, -0.25) is 9.59 Å². The third-order valence-electron chi connectivity index (χ3n) is 4.99. The van der Waals surface area contributed by atoms with E-state index in [0.717, 1.165) is 40.0 Å². The molecule has 1 aliphatic heterocycles. The number of nitrogens with one attached hydrogen (secondary N) is 2. The summed E-state index contributed by atoms with van der Waals surface area (Å²) in [6, 6.07) is 13.5. The van der Waals surface area contributed by atoms with Gasteiger partial charge in [-0.15, -0.1) is 0 Å². The van der Waals surface area contributed by atoms with Crippen LogP contribution in [-0.2, 0) is 9.53 Å². The highest BCUT2D eigenvalue weighted by atomic mass is 32.2. The second-order valence-corrected chi connectivity index (χ2v) is 8.27. The molecule has 1 aromatic heterocycles. The highest BCUT2D eigenvalue weighted by Crippen LogP contribution is 2.36. The highest BCUT2D eigenvalue weighted by Gasteiger charge is 2.22. The molecule has 1 saturated heterocycles. The Kier molecular flexibility index (Phi) is 6.06. The molecule has 0 radical (unpaired) electrons. The van der Waals surface area contributed by atoms with Crippen molar-refractivity contribution < 1.29 is 14.3 Å². The Morgan fingerprint density at radius 1 is 1.20 bits per heavy atom. The molecule has 3 aromatic rings. The Morgan fingerprint density at radius 3 is 2.77 bits per heavy atom. The van der Waals surface area contributed by atoms with Crippen LogP contribution in [0.3, 0.4) is 0 Å². The Bertz CT molecular complexity index is 1090. The maximum absolute atomic E-state index is 12.2. The van der Waals surface area contributed by atoms with Gasteiger partial charge in [0.2, 0.25) is 5.91 Å². The van der Waals surface area contributed by atoms with E-state index in [0.29, 0.717) is 18.0 Å². The number of amides is 2. The zero-order valence-electron chi connectivity index (χ0n) is 17.0. The van der Waals surface area contributed by atoms with E-state index in [9.17, 15) is 9.59 Å². The lowest BCUT2D eigenvalue weighted by Crippen LogP contribution is -2.19. The van der Waals surface area contributed by atoms with E-state index < -0.39 is 0 Å². The lowest BCUT2D eigenvalue weighted by molar-refractivity contribution is -0.114. The Morgan fingerprint density at radius 2 is 2.03 bits per heavy atom. The number of carbonyl (C=O) groups excluding carboxylic acids is 2. The highest BCUT2D eigenvalue weighted by molar-refractivity contribution is 7.99. The number of anilines is 1. The van der Waals surface area contributed by atoms with E-state index in [1.165, 1.54) is 18.7 Å². The predicted molar refractivity (Wildman–Crippen MR) is 117 cm³/mol. The van der Waals surface area contributed by atoms with Gasteiger partial charge in [-0.2, -0.15) is 5.10 Å². The third kappa shape index (κ3) is 4.20. The van der Waals surface area contributed by atoms with Crippen molar-refractivity contribution in [2.24, 2.45) is 0 Å². The quantitative estimate of drug-likeness (QED) is 0.641. The molecule has 0 aliphatic carbocycles. The molecule has 156 valence electrons. The van der Waals surface area contributed by atoms with Crippen molar-refractivity contribution in [2.45, 2.75) is 42.2 Å². The molecule has 4 rings (SSSR count). The van der Waals surface area contributed by atoms with Crippen LogP contribution in [0.2, 0.25) is 0 Å². The fraction of sp³-hybridized carbons (Fsp3) is 0.318. The minimum Gasteiger partial charge on any atom is -0.356 e. The van der Waals surface area contributed by atoms with Gasteiger partial charge in [0.05, 0.1) is 11.1 Å². The normalized spacial score (nSPS) is 16.4. The third-order valence-corrected chi connectivity index (χ3v) is 6.05. The van der Waals surface area contributed by atoms with Gasteiger partial charge in [0.1, 0.15) is 0 Å². The van der Waals surface area contributed by atoms with Crippen LogP contribution in [0.5, 0.6) is 0 Å². The molecule has 8 heteroatoms. The van der Waals surface area contributed by atoms with Crippen LogP contribution in [-0.4, -0.2) is 35.2 Å². The molecule has 0 saturated carbocycles. The van der Waals surface area contributed by atoms with Crippen LogP contribution in [0.25, 0.3) is 10.9 Å². The maximum Gasteiger partial charge on any atom is 0.252 e. The first-order valence-corrected chi connectivity index (χ1v) is 10.8. The second kappa shape index (κ2) is 8.89. The summed E-state index contributed by atoms with van der Waals surface area (Å²) in [5.74, 6) is 0.255. The first-order valence-electron chi connectivity index (χ1n) is 9.97. The second-order valence-electron chi connectivity index (χ2n) is 7.15. The summed E-state index contributed by atoms with van der Waals surface area (Å²) < 4.78 is 7.81. The van der Waals surface area contributed by atoms with E-state index >= 15 is 0 Å². The summed E-state index contributed by atoms with van der Waals surface area (Å²) >= 11 is 1.52. The van der Waals surface area contributed by atoms with Crippen molar-refractivity contribution in [2.75, 3.05) is 19.0 Å². The fourth-order valence-electron chi connectivity index (χ4n) is 3.58. The molecule has 2 aromatic carbocycles.